The summed E-state index contributed by atoms with van der Waals surface area (Å²) in [4.78, 5) is 25.5. The molecule has 7 heteroatoms. The van der Waals surface area contributed by atoms with Gasteiger partial charge in [0, 0.05) is 24.7 Å². The van der Waals surface area contributed by atoms with Gasteiger partial charge in [-0.1, -0.05) is 65.0 Å². The van der Waals surface area contributed by atoms with Gasteiger partial charge in [-0.3, -0.25) is 9.59 Å². The van der Waals surface area contributed by atoms with Gasteiger partial charge in [0.25, 0.3) is 0 Å². The number of hydrogen-bond acceptors (Lipinski definition) is 7. The molecule has 0 aromatic carbocycles. The van der Waals surface area contributed by atoms with Crippen molar-refractivity contribution in [3.05, 3.63) is 47.1 Å². The van der Waals surface area contributed by atoms with E-state index in [1.165, 1.54) is 0 Å². The number of esters is 1. The molecule has 9 atom stereocenters. The van der Waals surface area contributed by atoms with Crippen molar-refractivity contribution in [1.82, 2.24) is 0 Å². The molecule has 0 aromatic heterocycles. The lowest BCUT2D eigenvalue weighted by Crippen LogP contribution is -2.45. The highest BCUT2D eigenvalue weighted by molar-refractivity contribution is 5.94. The molecule has 2 bridgehead atoms. The second kappa shape index (κ2) is 16.0. The first-order chi connectivity index (χ1) is 19.2. The van der Waals surface area contributed by atoms with Crippen LogP contribution >= 0.6 is 0 Å². The number of rotatable bonds is 6. The number of cyclic esters (lactones) is 1. The largest absolute Gasteiger partial charge is 0.462 e. The van der Waals surface area contributed by atoms with E-state index in [1.54, 1.807) is 6.08 Å². The minimum absolute atomic E-state index is 0.0542. The van der Waals surface area contributed by atoms with E-state index in [9.17, 15) is 24.9 Å². The molecular formula is C34H54O7. The van der Waals surface area contributed by atoms with Crippen LogP contribution in [0.15, 0.2) is 47.1 Å². The number of allylic oxidation sites excluding steroid dienone is 3. The molecule has 2 aliphatic rings. The average Bonchev–Trinajstić information content (AvgIpc) is 2.91. The monoisotopic (exact) mass is 574 g/mol. The third kappa shape index (κ3) is 10.6. The summed E-state index contributed by atoms with van der Waals surface area (Å²) in [6.45, 7) is 15.3. The number of carbonyl (C=O) groups excluding carboxylic acids is 2. The van der Waals surface area contributed by atoms with Gasteiger partial charge >= 0.3 is 5.97 Å². The number of hydrogen-bond donors (Lipinski definition) is 3. The molecule has 2 heterocycles. The van der Waals surface area contributed by atoms with Crippen molar-refractivity contribution >= 4 is 11.8 Å². The number of carbonyl (C=O) groups is 2. The molecule has 0 fully saturated rings. The molecule has 9 unspecified atom stereocenters. The molecule has 41 heavy (non-hydrogen) atoms. The average molecular weight is 575 g/mol. The van der Waals surface area contributed by atoms with Crippen LogP contribution < -0.4 is 0 Å². The Morgan fingerprint density at radius 3 is 2.46 bits per heavy atom. The Morgan fingerprint density at radius 1 is 1.15 bits per heavy atom. The van der Waals surface area contributed by atoms with Crippen molar-refractivity contribution in [2.45, 2.75) is 131 Å². The van der Waals surface area contributed by atoms with Crippen LogP contribution in [-0.4, -0.2) is 57.3 Å². The maximum Gasteiger partial charge on any atom is 0.311 e. The molecule has 0 amide bonds. The predicted molar refractivity (Wildman–Crippen MR) is 162 cm³/mol. The van der Waals surface area contributed by atoms with Crippen LogP contribution in [-0.2, 0) is 19.1 Å². The van der Waals surface area contributed by atoms with Crippen LogP contribution in [0.5, 0.6) is 0 Å². The SMILES string of the molecule is CCC(=O)C(C)=CC(C)CC(C)C1OC(=O)CC2(O)CC=C(C)C(O2)C(C)=CCCCC(O)C=CC(C)C(O)C1C. The van der Waals surface area contributed by atoms with Crippen LogP contribution in [0.25, 0.3) is 0 Å². The Kier molecular flexibility index (Phi) is 13.7. The number of ketones is 1. The van der Waals surface area contributed by atoms with Crippen molar-refractivity contribution in [3.63, 3.8) is 0 Å². The normalized spacial score (nSPS) is 34.4. The van der Waals surface area contributed by atoms with Gasteiger partial charge in [0.05, 0.1) is 18.6 Å². The maximum absolute atomic E-state index is 13.3. The first kappa shape index (κ1) is 35.1. The van der Waals surface area contributed by atoms with Gasteiger partial charge < -0.3 is 24.8 Å². The van der Waals surface area contributed by atoms with Gasteiger partial charge in [-0.2, -0.15) is 0 Å². The van der Waals surface area contributed by atoms with Gasteiger partial charge in [-0.25, -0.2) is 0 Å². The number of aliphatic hydroxyl groups is 3. The Labute approximate surface area is 247 Å². The Morgan fingerprint density at radius 2 is 1.80 bits per heavy atom. The van der Waals surface area contributed by atoms with Crippen molar-refractivity contribution in [2.24, 2.45) is 23.7 Å². The van der Waals surface area contributed by atoms with E-state index in [4.69, 9.17) is 9.47 Å². The molecule has 232 valence electrons. The molecular weight excluding hydrogens is 520 g/mol. The third-order valence-electron chi connectivity index (χ3n) is 8.60. The quantitative estimate of drug-likeness (QED) is 0.203. The van der Waals surface area contributed by atoms with E-state index in [2.05, 4.69) is 6.08 Å². The van der Waals surface area contributed by atoms with Gasteiger partial charge in [-0.05, 0) is 75.0 Å². The van der Waals surface area contributed by atoms with Crippen molar-refractivity contribution in [2.75, 3.05) is 0 Å². The fraction of sp³-hybridized carbons (Fsp3) is 0.706. The first-order valence-electron chi connectivity index (χ1n) is 15.4. The van der Waals surface area contributed by atoms with Crippen molar-refractivity contribution < 1.29 is 34.4 Å². The molecule has 0 aromatic rings. The van der Waals surface area contributed by atoms with E-state index in [0.717, 1.165) is 29.6 Å². The summed E-state index contributed by atoms with van der Waals surface area (Å²) >= 11 is 0. The summed E-state index contributed by atoms with van der Waals surface area (Å²) in [6.07, 6.45) is 10.0. The molecule has 7 nitrogen and oxygen atoms in total. The van der Waals surface area contributed by atoms with Crippen molar-refractivity contribution in [3.8, 4) is 0 Å². The molecule has 0 saturated carbocycles. The molecule has 0 radical (unpaired) electrons. The van der Waals surface area contributed by atoms with Crippen LogP contribution in [0.1, 0.15) is 100 Å². The number of aliphatic hydroxyl groups excluding tert-OH is 2. The fourth-order valence-electron chi connectivity index (χ4n) is 6.05. The summed E-state index contributed by atoms with van der Waals surface area (Å²) in [5.74, 6) is -2.98. The fourth-order valence-corrected chi connectivity index (χ4v) is 6.05. The standard InChI is InChI=1S/C34H54O7/c1-9-29(36)25(6)18-21(2)19-26(7)33-27(8)31(38)22(3)14-15-28(35)13-11-10-12-23(4)32-24(5)16-17-34(39,41-32)20-30(37)40-33/h12,14-16,18,21-22,26-28,31-33,35,38-39H,9-11,13,17,19-20H2,1-8H3. The minimum atomic E-state index is -1.70. The highest BCUT2D eigenvalue weighted by atomic mass is 16.6. The third-order valence-corrected chi connectivity index (χ3v) is 8.60. The van der Waals surface area contributed by atoms with Crippen LogP contribution in [0, 0.1) is 23.7 Å². The van der Waals surface area contributed by atoms with Gasteiger partial charge in [0.2, 0.25) is 0 Å². The van der Waals surface area contributed by atoms with E-state index < -0.39 is 42.1 Å². The Hall–Kier alpha value is -2.06. The maximum atomic E-state index is 13.3. The zero-order valence-electron chi connectivity index (χ0n) is 26.4. The summed E-state index contributed by atoms with van der Waals surface area (Å²) in [5.41, 5.74) is 2.65. The zero-order chi connectivity index (χ0) is 30.9. The molecule has 2 aliphatic heterocycles. The lowest BCUT2D eigenvalue weighted by molar-refractivity contribution is -0.230. The lowest BCUT2D eigenvalue weighted by Gasteiger charge is -2.38. The molecule has 0 spiro atoms. The topological polar surface area (TPSA) is 113 Å². The molecule has 2 rings (SSSR count). The smallest absolute Gasteiger partial charge is 0.311 e. The van der Waals surface area contributed by atoms with Crippen LogP contribution in [0.4, 0.5) is 0 Å². The lowest BCUT2D eigenvalue weighted by atomic mass is 9.80. The van der Waals surface area contributed by atoms with Gasteiger partial charge in [-0.15, -0.1) is 0 Å². The predicted octanol–water partition coefficient (Wildman–Crippen LogP) is 5.98. The van der Waals surface area contributed by atoms with E-state index in [0.29, 0.717) is 19.3 Å². The van der Waals surface area contributed by atoms with Crippen LogP contribution in [0.3, 0.4) is 0 Å². The summed E-state index contributed by atoms with van der Waals surface area (Å²) in [5, 5.41) is 33.1. The van der Waals surface area contributed by atoms with Crippen LogP contribution in [0.2, 0.25) is 0 Å². The Bertz CT molecular complexity index is 1010. The second-order valence-corrected chi connectivity index (χ2v) is 12.6. The molecule has 3 N–H and O–H groups in total. The van der Waals surface area contributed by atoms with Gasteiger partial charge in [0.1, 0.15) is 12.2 Å². The number of Topliss-reactive ketones (excluding diaryl/α,β-unsaturated/α-hetero) is 1. The Balaban J connectivity index is 2.38. The summed E-state index contributed by atoms with van der Waals surface area (Å²) < 4.78 is 12.2. The number of ether oxygens (including phenoxy) is 2. The van der Waals surface area contributed by atoms with E-state index in [1.807, 2.05) is 73.6 Å². The molecule has 0 aliphatic carbocycles. The van der Waals surface area contributed by atoms with Crippen molar-refractivity contribution in [1.29, 1.82) is 0 Å². The highest BCUT2D eigenvalue weighted by Gasteiger charge is 2.40. The van der Waals surface area contributed by atoms with E-state index in [-0.39, 0.29) is 36.4 Å². The number of fused-ring (bicyclic) bond motifs is 2. The second-order valence-electron chi connectivity index (χ2n) is 12.6. The van der Waals surface area contributed by atoms with Gasteiger partial charge in [0.15, 0.2) is 11.6 Å². The minimum Gasteiger partial charge on any atom is -0.462 e. The molecule has 0 saturated heterocycles. The summed E-state index contributed by atoms with van der Waals surface area (Å²) in [7, 11) is 0. The summed E-state index contributed by atoms with van der Waals surface area (Å²) in [6, 6.07) is 0. The zero-order valence-corrected chi connectivity index (χ0v) is 26.4. The van der Waals surface area contributed by atoms with E-state index >= 15 is 0 Å². The highest BCUT2D eigenvalue weighted by Crippen LogP contribution is 2.35. The first-order valence-corrected chi connectivity index (χ1v) is 15.4.